The van der Waals surface area contributed by atoms with E-state index in [1.807, 2.05) is 61.0 Å². The average molecular weight is 440 g/mol. The highest BCUT2D eigenvalue weighted by Gasteiger charge is 2.21. The minimum Gasteiger partial charge on any atom is -0.496 e. The second kappa shape index (κ2) is 9.15. The molecule has 0 aliphatic heterocycles. The van der Waals surface area contributed by atoms with E-state index in [1.165, 1.54) is 0 Å². The average Bonchev–Trinajstić information content (AvgIpc) is 3.11. The summed E-state index contributed by atoms with van der Waals surface area (Å²) in [6.45, 7) is 10.7. The minimum absolute atomic E-state index is 0.0416. The maximum absolute atomic E-state index is 12.7. The van der Waals surface area contributed by atoms with Crippen LogP contribution in [0.2, 0.25) is 5.02 Å². The standard InChI is InChI=1S/C25H30ClN3O2/c1-16-10-18(11-17(2)24(16)31-6)12-23(30)27-15-21-14-22(25(3,4)5)28-29(21)20-9-7-8-19(26)13-20/h7-11,13-14H,12,15H2,1-6H3,(H,27,30). The number of amides is 1. The van der Waals surface area contributed by atoms with Gasteiger partial charge >= 0.3 is 0 Å². The summed E-state index contributed by atoms with van der Waals surface area (Å²) in [7, 11) is 1.66. The lowest BCUT2D eigenvalue weighted by Crippen LogP contribution is -2.25. The molecule has 3 rings (SSSR count). The number of hydrogen-bond donors (Lipinski definition) is 1. The van der Waals surface area contributed by atoms with E-state index in [1.54, 1.807) is 7.11 Å². The summed E-state index contributed by atoms with van der Waals surface area (Å²) >= 11 is 6.19. The van der Waals surface area contributed by atoms with E-state index < -0.39 is 0 Å². The third-order valence-corrected chi connectivity index (χ3v) is 5.40. The first kappa shape index (κ1) is 22.9. The number of aryl methyl sites for hydroxylation is 2. The molecule has 1 heterocycles. The third kappa shape index (κ3) is 5.47. The number of ether oxygens (including phenoxy) is 1. The van der Waals surface area contributed by atoms with Crippen LogP contribution < -0.4 is 10.1 Å². The van der Waals surface area contributed by atoms with E-state index in [0.29, 0.717) is 18.0 Å². The molecule has 2 aromatic carbocycles. The van der Waals surface area contributed by atoms with Gasteiger partial charge in [-0.2, -0.15) is 5.10 Å². The molecular weight excluding hydrogens is 410 g/mol. The highest BCUT2D eigenvalue weighted by Crippen LogP contribution is 2.26. The van der Waals surface area contributed by atoms with Crippen molar-refractivity contribution in [2.75, 3.05) is 7.11 Å². The number of halogens is 1. The number of nitrogens with one attached hydrogen (secondary N) is 1. The summed E-state index contributed by atoms with van der Waals surface area (Å²) in [5, 5.41) is 8.47. The molecule has 0 spiro atoms. The van der Waals surface area contributed by atoms with Crippen LogP contribution in [0.5, 0.6) is 5.75 Å². The topological polar surface area (TPSA) is 56.1 Å². The molecule has 0 radical (unpaired) electrons. The fourth-order valence-corrected chi connectivity index (χ4v) is 3.83. The Labute approximate surface area is 189 Å². The Hall–Kier alpha value is -2.79. The van der Waals surface area contributed by atoms with Crippen LogP contribution in [-0.2, 0) is 23.2 Å². The lowest BCUT2D eigenvalue weighted by Gasteiger charge is -2.14. The van der Waals surface area contributed by atoms with Crippen molar-refractivity contribution in [1.82, 2.24) is 15.1 Å². The van der Waals surface area contributed by atoms with Gasteiger partial charge in [0.1, 0.15) is 5.75 Å². The Balaban J connectivity index is 1.79. The molecule has 6 heteroatoms. The first-order chi connectivity index (χ1) is 14.6. The fourth-order valence-electron chi connectivity index (χ4n) is 3.64. The summed E-state index contributed by atoms with van der Waals surface area (Å²) in [6, 6.07) is 13.6. The van der Waals surface area contributed by atoms with Gasteiger partial charge < -0.3 is 10.1 Å². The molecule has 0 fully saturated rings. The van der Waals surface area contributed by atoms with Gasteiger partial charge in [0, 0.05) is 10.4 Å². The maximum Gasteiger partial charge on any atom is 0.224 e. The molecule has 0 saturated carbocycles. The second-order valence-corrected chi connectivity index (χ2v) is 9.32. The Morgan fingerprint density at radius 2 is 1.81 bits per heavy atom. The smallest absolute Gasteiger partial charge is 0.224 e. The van der Waals surface area contributed by atoms with Crippen molar-refractivity contribution >= 4 is 17.5 Å². The van der Waals surface area contributed by atoms with E-state index >= 15 is 0 Å². The van der Waals surface area contributed by atoms with E-state index in [-0.39, 0.29) is 11.3 Å². The Morgan fingerprint density at radius 3 is 2.39 bits per heavy atom. The summed E-state index contributed by atoms with van der Waals surface area (Å²) in [4.78, 5) is 12.7. The normalized spacial score (nSPS) is 11.5. The summed E-state index contributed by atoms with van der Waals surface area (Å²) in [5.74, 6) is 0.824. The van der Waals surface area contributed by atoms with Gasteiger partial charge in [-0.15, -0.1) is 0 Å². The lowest BCUT2D eigenvalue weighted by atomic mass is 9.92. The molecule has 164 valence electrons. The van der Waals surface area contributed by atoms with Crippen LogP contribution >= 0.6 is 11.6 Å². The second-order valence-electron chi connectivity index (χ2n) is 8.88. The summed E-state index contributed by atoms with van der Waals surface area (Å²) < 4.78 is 7.27. The number of carbonyl (C=O) groups is 1. The Bertz CT molecular complexity index is 1070. The van der Waals surface area contributed by atoms with Crippen LogP contribution in [0.1, 0.15) is 48.8 Å². The van der Waals surface area contributed by atoms with Crippen molar-refractivity contribution in [3.63, 3.8) is 0 Å². The SMILES string of the molecule is COc1c(C)cc(CC(=O)NCc2cc(C(C)(C)C)nn2-c2cccc(Cl)c2)cc1C. The van der Waals surface area contributed by atoms with E-state index in [0.717, 1.165) is 39.5 Å². The first-order valence-corrected chi connectivity index (χ1v) is 10.7. The van der Waals surface area contributed by atoms with Gasteiger partial charge in [0.15, 0.2) is 0 Å². The lowest BCUT2D eigenvalue weighted by molar-refractivity contribution is -0.120. The van der Waals surface area contributed by atoms with Crippen molar-refractivity contribution < 1.29 is 9.53 Å². The molecular formula is C25H30ClN3O2. The molecule has 0 aliphatic carbocycles. The number of rotatable bonds is 6. The van der Waals surface area contributed by atoms with Crippen LogP contribution in [0, 0.1) is 13.8 Å². The molecule has 5 nitrogen and oxygen atoms in total. The Morgan fingerprint density at radius 1 is 1.13 bits per heavy atom. The van der Waals surface area contributed by atoms with Crippen LogP contribution in [-0.4, -0.2) is 22.8 Å². The fraction of sp³-hybridized carbons (Fsp3) is 0.360. The van der Waals surface area contributed by atoms with Crippen LogP contribution in [0.15, 0.2) is 42.5 Å². The summed E-state index contributed by atoms with van der Waals surface area (Å²) in [5.41, 5.74) is 5.64. The molecule has 1 N–H and O–H groups in total. The molecule has 3 aromatic rings. The van der Waals surface area contributed by atoms with Gasteiger partial charge in [-0.25, -0.2) is 4.68 Å². The highest BCUT2D eigenvalue weighted by atomic mass is 35.5. The van der Waals surface area contributed by atoms with Crippen molar-refractivity contribution in [3.8, 4) is 11.4 Å². The zero-order chi connectivity index (χ0) is 22.8. The first-order valence-electron chi connectivity index (χ1n) is 10.3. The van der Waals surface area contributed by atoms with Gasteiger partial charge in [0.2, 0.25) is 5.91 Å². The molecule has 0 atom stereocenters. The van der Waals surface area contributed by atoms with Gasteiger partial charge in [0.25, 0.3) is 0 Å². The zero-order valence-electron chi connectivity index (χ0n) is 19.0. The van der Waals surface area contributed by atoms with Crippen LogP contribution in [0.3, 0.4) is 0 Å². The monoisotopic (exact) mass is 439 g/mol. The number of benzene rings is 2. The number of hydrogen-bond acceptors (Lipinski definition) is 3. The molecule has 0 bridgehead atoms. The van der Waals surface area contributed by atoms with E-state index in [2.05, 4.69) is 26.1 Å². The predicted molar refractivity (Wildman–Crippen MR) is 125 cm³/mol. The maximum atomic E-state index is 12.7. The number of aromatic nitrogens is 2. The quantitative estimate of drug-likeness (QED) is 0.566. The van der Waals surface area contributed by atoms with Crippen LogP contribution in [0.25, 0.3) is 5.69 Å². The number of carbonyl (C=O) groups excluding carboxylic acids is 1. The van der Waals surface area contributed by atoms with Crippen molar-refractivity contribution in [3.05, 3.63) is 75.6 Å². The molecule has 0 aliphatic rings. The van der Waals surface area contributed by atoms with E-state index in [4.69, 9.17) is 21.4 Å². The number of nitrogens with zero attached hydrogens (tertiary/aromatic N) is 2. The highest BCUT2D eigenvalue weighted by molar-refractivity contribution is 6.30. The zero-order valence-corrected chi connectivity index (χ0v) is 19.8. The molecule has 0 saturated heterocycles. The van der Waals surface area contributed by atoms with Crippen molar-refractivity contribution in [2.24, 2.45) is 0 Å². The molecule has 1 aromatic heterocycles. The van der Waals surface area contributed by atoms with Gasteiger partial charge in [-0.05, 0) is 54.8 Å². The third-order valence-electron chi connectivity index (χ3n) is 5.16. The van der Waals surface area contributed by atoms with Crippen molar-refractivity contribution in [2.45, 2.75) is 53.0 Å². The predicted octanol–water partition coefficient (Wildman–Crippen LogP) is 5.31. The van der Waals surface area contributed by atoms with Gasteiger partial charge in [-0.3, -0.25) is 4.79 Å². The number of methoxy groups -OCH3 is 1. The van der Waals surface area contributed by atoms with Gasteiger partial charge in [0.05, 0.1) is 37.2 Å². The largest absolute Gasteiger partial charge is 0.496 e. The summed E-state index contributed by atoms with van der Waals surface area (Å²) in [6.07, 6.45) is 0.309. The molecule has 1 amide bonds. The van der Waals surface area contributed by atoms with Gasteiger partial charge in [-0.1, -0.05) is 50.6 Å². The van der Waals surface area contributed by atoms with Crippen LogP contribution in [0.4, 0.5) is 0 Å². The molecule has 0 unspecified atom stereocenters. The Kier molecular flexibility index (Phi) is 6.75. The van der Waals surface area contributed by atoms with Crippen molar-refractivity contribution in [1.29, 1.82) is 0 Å². The van der Waals surface area contributed by atoms with E-state index in [9.17, 15) is 4.79 Å². The molecule has 31 heavy (non-hydrogen) atoms. The minimum atomic E-state index is -0.110.